The fraction of sp³-hybridized carbons (Fsp3) is 0.0909. The maximum Gasteiger partial charge on any atom is 0.259 e. The molecule has 5 heteroatoms. The Kier molecular flexibility index (Phi) is 5.84. The lowest BCUT2D eigenvalue weighted by molar-refractivity contribution is 0.100. The second-order valence-electron chi connectivity index (χ2n) is 5.94. The van der Waals surface area contributed by atoms with Crippen molar-refractivity contribution in [2.45, 2.75) is 6.42 Å². The Morgan fingerprint density at radius 1 is 0.815 bits per heavy atom. The molecule has 0 aliphatic carbocycles. The number of carbonyl (C=O) groups excluding carboxylic acids is 2. The number of rotatable bonds is 7. The summed E-state index contributed by atoms with van der Waals surface area (Å²) in [6, 6.07) is 23.6. The summed E-state index contributed by atoms with van der Waals surface area (Å²) in [4.78, 5) is 24.2. The number of hydrogen-bond acceptors (Lipinski definition) is 3. The average molecular weight is 360 g/mol. The van der Waals surface area contributed by atoms with Gasteiger partial charge in [-0.2, -0.15) is 0 Å². The average Bonchev–Trinajstić information content (AvgIpc) is 2.69. The van der Waals surface area contributed by atoms with E-state index in [1.807, 2.05) is 36.4 Å². The zero-order chi connectivity index (χ0) is 19.1. The minimum atomic E-state index is -0.599. The summed E-state index contributed by atoms with van der Waals surface area (Å²) in [6.07, 6.45) is 0.737. The van der Waals surface area contributed by atoms with Crippen LogP contribution >= 0.6 is 0 Å². The Labute approximate surface area is 157 Å². The zero-order valence-corrected chi connectivity index (χ0v) is 14.7. The fourth-order valence-corrected chi connectivity index (χ4v) is 2.70. The first-order valence-corrected chi connectivity index (χ1v) is 8.61. The van der Waals surface area contributed by atoms with Crippen molar-refractivity contribution in [3.05, 3.63) is 95.6 Å². The van der Waals surface area contributed by atoms with E-state index in [-0.39, 0.29) is 11.5 Å². The highest BCUT2D eigenvalue weighted by atomic mass is 16.5. The third-order valence-electron chi connectivity index (χ3n) is 4.06. The van der Waals surface area contributed by atoms with E-state index in [4.69, 9.17) is 10.5 Å². The van der Waals surface area contributed by atoms with Crippen LogP contribution in [0, 0.1) is 0 Å². The van der Waals surface area contributed by atoms with E-state index in [0.29, 0.717) is 23.6 Å². The summed E-state index contributed by atoms with van der Waals surface area (Å²) >= 11 is 0. The molecule has 0 spiro atoms. The number of nitrogens with one attached hydrogen (secondary N) is 1. The molecule has 0 radical (unpaired) electrons. The third-order valence-corrected chi connectivity index (χ3v) is 4.06. The Morgan fingerprint density at radius 3 is 2.19 bits per heavy atom. The molecule has 0 atom stereocenters. The minimum absolute atomic E-state index is 0.258. The van der Waals surface area contributed by atoms with Gasteiger partial charge in [0.1, 0.15) is 5.75 Å². The van der Waals surface area contributed by atoms with Gasteiger partial charge in [-0.25, -0.2) is 0 Å². The van der Waals surface area contributed by atoms with Crippen LogP contribution in [-0.4, -0.2) is 18.4 Å². The van der Waals surface area contributed by atoms with Gasteiger partial charge in [-0.1, -0.05) is 54.6 Å². The molecule has 0 aliphatic heterocycles. The highest BCUT2D eigenvalue weighted by molar-refractivity contribution is 6.09. The Bertz CT molecular complexity index is 939. The number of anilines is 1. The van der Waals surface area contributed by atoms with Gasteiger partial charge < -0.3 is 15.8 Å². The molecule has 3 aromatic carbocycles. The molecule has 5 nitrogen and oxygen atoms in total. The Balaban J connectivity index is 1.71. The number of carbonyl (C=O) groups is 2. The second kappa shape index (κ2) is 8.67. The molecule has 136 valence electrons. The normalized spacial score (nSPS) is 10.2. The molecule has 27 heavy (non-hydrogen) atoms. The molecule has 3 rings (SSSR count). The van der Waals surface area contributed by atoms with Crippen LogP contribution < -0.4 is 15.8 Å². The lowest BCUT2D eigenvalue weighted by Crippen LogP contribution is -2.19. The van der Waals surface area contributed by atoms with E-state index in [1.165, 1.54) is 0 Å². The summed E-state index contributed by atoms with van der Waals surface area (Å²) in [5, 5.41) is 2.74. The number of benzene rings is 3. The molecule has 0 saturated carbocycles. The van der Waals surface area contributed by atoms with Crippen LogP contribution in [0.15, 0.2) is 78.9 Å². The molecule has 3 N–H and O–H groups in total. The van der Waals surface area contributed by atoms with E-state index < -0.39 is 5.91 Å². The number of hydrogen-bond donors (Lipinski definition) is 2. The molecule has 2 amide bonds. The van der Waals surface area contributed by atoms with Crippen molar-refractivity contribution in [1.29, 1.82) is 0 Å². The maximum absolute atomic E-state index is 12.7. The number of nitrogens with two attached hydrogens (primary N) is 1. The lowest BCUT2D eigenvalue weighted by atomic mass is 10.1. The van der Waals surface area contributed by atoms with Crippen molar-refractivity contribution < 1.29 is 14.3 Å². The first-order chi connectivity index (χ1) is 13.1. The second-order valence-corrected chi connectivity index (χ2v) is 5.94. The van der Waals surface area contributed by atoms with E-state index in [0.717, 1.165) is 12.0 Å². The predicted molar refractivity (Wildman–Crippen MR) is 105 cm³/mol. The smallest absolute Gasteiger partial charge is 0.259 e. The standard InChI is InChI=1S/C22H20N2O3/c23-21(25)17-10-4-6-12-19(17)24-22(26)18-11-5-7-13-20(18)27-15-14-16-8-2-1-3-9-16/h1-13H,14-15H2,(H2,23,25)(H,24,26). The molecular formula is C22H20N2O3. The van der Waals surface area contributed by atoms with Crippen molar-refractivity contribution in [2.75, 3.05) is 11.9 Å². The monoisotopic (exact) mass is 360 g/mol. The Hall–Kier alpha value is -3.60. The minimum Gasteiger partial charge on any atom is -0.492 e. The van der Waals surface area contributed by atoms with Gasteiger partial charge in [0.05, 0.1) is 23.4 Å². The summed E-state index contributed by atoms with van der Waals surface area (Å²) in [6.45, 7) is 0.451. The van der Waals surface area contributed by atoms with E-state index in [2.05, 4.69) is 5.32 Å². The molecule has 0 unspecified atom stereocenters. The molecular weight excluding hydrogens is 340 g/mol. The van der Waals surface area contributed by atoms with E-state index >= 15 is 0 Å². The van der Waals surface area contributed by atoms with Gasteiger partial charge in [0, 0.05) is 6.42 Å². The van der Waals surface area contributed by atoms with Crippen molar-refractivity contribution in [1.82, 2.24) is 0 Å². The zero-order valence-electron chi connectivity index (χ0n) is 14.7. The lowest BCUT2D eigenvalue weighted by Gasteiger charge is -2.13. The van der Waals surface area contributed by atoms with E-state index in [1.54, 1.807) is 42.5 Å². The predicted octanol–water partition coefficient (Wildman–Crippen LogP) is 3.66. The first kappa shape index (κ1) is 18.2. The first-order valence-electron chi connectivity index (χ1n) is 8.61. The highest BCUT2D eigenvalue weighted by Gasteiger charge is 2.15. The van der Waals surface area contributed by atoms with Crippen LogP contribution in [0.2, 0.25) is 0 Å². The molecule has 0 aromatic heterocycles. The van der Waals surface area contributed by atoms with Gasteiger partial charge in [0.2, 0.25) is 0 Å². The SMILES string of the molecule is NC(=O)c1ccccc1NC(=O)c1ccccc1OCCc1ccccc1. The van der Waals surface area contributed by atoms with E-state index in [9.17, 15) is 9.59 Å². The van der Waals surface area contributed by atoms with Crippen LogP contribution in [-0.2, 0) is 6.42 Å². The van der Waals surface area contributed by atoms with Crippen molar-refractivity contribution in [3.63, 3.8) is 0 Å². The number of ether oxygens (including phenoxy) is 1. The summed E-state index contributed by atoms with van der Waals surface area (Å²) < 4.78 is 5.83. The van der Waals surface area contributed by atoms with Gasteiger partial charge in [-0.15, -0.1) is 0 Å². The molecule has 0 heterocycles. The summed E-state index contributed by atoms with van der Waals surface area (Å²) in [7, 11) is 0. The van der Waals surface area contributed by atoms with Crippen molar-refractivity contribution in [3.8, 4) is 5.75 Å². The number of amides is 2. The number of primary amides is 1. The molecule has 0 aliphatic rings. The quantitative estimate of drug-likeness (QED) is 0.675. The van der Waals surface area contributed by atoms with Gasteiger partial charge in [0.15, 0.2) is 0 Å². The van der Waals surface area contributed by atoms with Crippen LogP contribution in [0.1, 0.15) is 26.3 Å². The van der Waals surface area contributed by atoms with Crippen LogP contribution in [0.3, 0.4) is 0 Å². The topological polar surface area (TPSA) is 81.4 Å². The molecule has 0 fully saturated rings. The van der Waals surface area contributed by atoms with Gasteiger partial charge in [-0.3, -0.25) is 9.59 Å². The van der Waals surface area contributed by atoms with Gasteiger partial charge in [-0.05, 0) is 29.8 Å². The Morgan fingerprint density at radius 2 is 1.44 bits per heavy atom. The van der Waals surface area contributed by atoms with Gasteiger partial charge in [0.25, 0.3) is 11.8 Å². The van der Waals surface area contributed by atoms with Crippen molar-refractivity contribution >= 4 is 17.5 Å². The molecule has 0 bridgehead atoms. The summed E-state index contributed by atoms with van der Waals surface area (Å²) in [5.74, 6) is -0.472. The van der Waals surface area contributed by atoms with Crippen LogP contribution in [0.5, 0.6) is 5.75 Å². The van der Waals surface area contributed by atoms with Crippen LogP contribution in [0.25, 0.3) is 0 Å². The van der Waals surface area contributed by atoms with Gasteiger partial charge >= 0.3 is 0 Å². The van der Waals surface area contributed by atoms with Crippen molar-refractivity contribution in [2.24, 2.45) is 5.73 Å². The summed E-state index contributed by atoms with van der Waals surface area (Å²) in [5.41, 5.74) is 7.55. The van der Waals surface area contributed by atoms with Crippen LogP contribution in [0.4, 0.5) is 5.69 Å². The molecule has 3 aromatic rings. The third kappa shape index (κ3) is 4.73. The maximum atomic E-state index is 12.7. The molecule has 0 saturated heterocycles. The fourth-order valence-electron chi connectivity index (χ4n) is 2.70. The number of para-hydroxylation sites is 2. The largest absolute Gasteiger partial charge is 0.492 e. The highest BCUT2D eigenvalue weighted by Crippen LogP contribution is 2.21.